The Labute approximate surface area is 174 Å². The third-order valence-electron chi connectivity index (χ3n) is 4.42. The SMILES string of the molecule is COCCN(C(=O)Cc1ccccc1)c1nc(-c2cc(OC)ccc2OC)cs1. The van der Waals surface area contributed by atoms with Gasteiger partial charge in [0.15, 0.2) is 5.13 Å². The van der Waals surface area contributed by atoms with Crippen LogP contribution in [0.3, 0.4) is 0 Å². The van der Waals surface area contributed by atoms with Crippen molar-refractivity contribution in [3.63, 3.8) is 0 Å². The minimum Gasteiger partial charge on any atom is -0.497 e. The van der Waals surface area contributed by atoms with Gasteiger partial charge in [-0.3, -0.25) is 9.69 Å². The van der Waals surface area contributed by atoms with Gasteiger partial charge in [0.25, 0.3) is 0 Å². The van der Waals surface area contributed by atoms with Gasteiger partial charge in [0.2, 0.25) is 5.91 Å². The number of hydrogen-bond donors (Lipinski definition) is 0. The van der Waals surface area contributed by atoms with E-state index in [4.69, 9.17) is 19.2 Å². The Kier molecular flexibility index (Phi) is 7.21. The summed E-state index contributed by atoms with van der Waals surface area (Å²) in [7, 11) is 4.86. The highest BCUT2D eigenvalue weighted by Gasteiger charge is 2.21. The summed E-state index contributed by atoms with van der Waals surface area (Å²) in [6.45, 7) is 0.863. The molecule has 0 aliphatic carbocycles. The van der Waals surface area contributed by atoms with Gasteiger partial charge in [-0.1, -0.05) is 30.3 Å². The molecule has 1 amide bonds. The summed E-state index contributed by atoms with van der Waals surface area (Å²) in [5.74, 6) is 1.39. The largest absolute Gasteiger partial charge is 0.497 e. The van der Waals surface area contributed by atoms with Gasteiger partial charge in [-0.05, 0) is 23.8 Å². The average molecular weight is 413 g/mol. The van der Waals surface area contributed by atoms with E-state index < -0.39 is 0 Å². The Bertz CT molecular complexity index is 943. The predicted molar refractivity (Wildman–Crippen MR) is 115 cm³/mol. The van der Waals surface area contributed by atoms with Crippen molar-refractivity contribution in [2.45, 2.75) is 6.42 Å². The van der Waals surface area contributed by atoms with Crippen LogP contribution >= 0.6 is 11.3 Å². The molecule has 0 saturated carbocycles. The quantitative estimate of drug-likeness (QED) is 0.531. The Morgan fingerprint density at radius 3 is 2.55 bits per heavy atom. The molecule has 152 valence electrons. The lowest BCUT2D eigenvalue weighted by Crippen LogP contribution is -2.35. The van der Waals surface area contributed by atoms with Gasteiger partial charge < -0.3 is 14.2 Å². The van der Waals surface area contributed by atoms with Crippen LogP contribution in [-0.4, -0.2) is 45.4 Å². The molecule has 1 aromatic heterocycles. The normalized spacial score (nSPS) is 10.6. The van der Waals surface area contributed by atoms with Crippen LogP contribution in [0.2, 0.25) is 0 Å². The number of methoxy groups -OCH3 is 3. The lowest BCUT2D eigenvalue weighted by atomic mass is 10.1. The van der Waals surface area contributed by atoms with Crippen molar-refractivity contribution in [3.8, 4) is 22.8 Å². The van der Waals surface area contributed by atoms with Crippen LogP contribution < -0.4 is 14.4 Å². The molecule has 3 rings (SSSR count). The van der Waals surface area contributed by atoms with Crippen LogP contribution in [0.4, 0.5) is 5.13 Å². The number of anilines is 1. The summed E-state index contributed by atoms with van der Waals surface area (Å²) in [5, 5.41) is 2.55. The van der Waals surface area contributed by atoms with E-state index in [0.717, 1.165) is 16.8 Å². The van der Waals surface area contributed by atoms with Crippen molar-refractivity contribution >= 4 is 22.4 Å². The molecule has 0 spiro atoms. The minimum absolute atomic E-state index is 0.0215. The number of carbonyl (C=O) groups excluding carboxylic acids is 1. The van der Waals surface area contributed by atoms with Crippen molar-refractivity contribution in [1.29, 1.82) is 0 Å². The average Bonchev–Trinajstić information content (AvgIpc) is 3.24. The van der Waals surface area contributed by atoms with E-state index in [1.807, 2.05) is 53.9 Å². The Balaban J connectivity index is 1.89. The highest BCUT2D eigenvalue weighted by molar-refractivity contribution is 7.14. The van der Waals surface area contributed by atoms with Crippen molar-refractivity contribution in [2.24, 2.45) is 0 Å². The number of nitrogens with zero attached hydrogens (tertiary/aromatic N) is 2. The Morgan fingerprint density at radius 1 is 1.07 bits per heavy atom. The second kappa shape index (κ2) is 10.0. The third kappa shape index (κ3) is 5.13. The van der Waals surface area contributed by atoms with E-state index in [9.17, 15) is 4.79 Å². The first kappa shape index (κ1) is 20.8. The van der Waals surface area contributed by atoms with E-state index in [0.29, 0.717) is 36.2 Å². The molecule has 1 heterocycles. The Hall–Kier alpha value is -2.90. The van der Waals surface area contributed by atoms with E-state index in [-0.39, 0.29) is 5.91 Å². The van der Waals surface area contributed by atoms with Gasteiger partial charge in [-0.2, -0.15) is 0 Å². The topological polar surface area (TPSA) is 60.9 Å². The second-order valence-corrected chi connectivity index (χ2v) is 7.12. The molecule has 0 unspecified atom stereocenters. The van der Waals surface area contributed by atoms with Crippen LogP contribution in [0.15, 0.2) is 53.9 Å². The summed E-state index contributed by atoms with van der Waals surface area (Å²) >= 11 is 1.42. The zero-order valence-electron chi connectivity index (χ0n) is 16.8. The summed E-state index contributed by atoms with van der Waals surface area (Å²) in [5.41, 5.74) is 2.51. The first-order valence-electron chi connectivity index (χ1n) is 9.17. The molecule has 3 aromatic rings. The summed E-state index contributed by atoms with van der Waals surface area (Å²) < 4.78 is 16.0. The maximum Gasteiger partial charge on any atom is 0.233 e. The highest BCUT2D eigenvalue weighted by Crippen LogP contribution is 2.36. The molecule has 29 heavy (non-hydrogen) atoms. The van der Waals surface area contributed by atoms with Gasteiger partial charge >= 0.3 is 0 Å². The number of hydrogen-bond acceptors (Lipinski definition) is 6. The van der Waals surface area contributed by atoms with E-state index in [2.05, 4.69) is 0 Å². The molecule has 0 aliphatic rings. The van der Waals surface area contributed by atoms with Crippen LogP contribution in [0.5, 0.6) is 11.5 Å². The number of amides is 1. The van der Waals surface area contributed by atoms with Crippen LogP contribution in [0.1, 0.15) is 5.56 Å². The molecular weight excluding hydrogens is 388 g/mol. The number of rotatable bonds is 9. The number of carbonyl (C=O) groups is 1. The molecule has 0 saturated heterocycles. The fourth-order valence-electron chi connectivity index (χ4n) is 2.90. The molecule has 0 aliphatic heterocycles. The third-order valence-corrected chi connectivity index (χ3v) is 5.29. The van der Waals surface area contributed by atoms with Gasteiger partial charge in [0, 0.05) is 18.1 Å². The molecule has 0 atom stereocenters. The van der Waals surface area contributed by atoms with Crippen molar-refractivity contribution < 1.29 is 19.0 Å². The number of benzene rings is 2. The van der Waals surface area contributed by atoms with Crippen LogP contribution in [-0.2, 0) is 16.0 Å². The smallest absolute Gasteiger partial charge is 0.233 e. The van der Waals surface area contributed by atoms with Crippen LogP contribution in [0, 0.1) is 0 Å². The first-order valence-corrected chi connectivity index (χ1v) is 10.1. The van der Waals surface area contributed by atoms with E-state index >= 15 is 0 Å². The molecule has 0 fully saturated rings. The fourth-order valence-corrected chi connectivity index (χ4v) is 3.77. The molecule has 7 heteroatoms. The molecule has 0 bridgehead atoms. The zero-order chi connectivity index (χ0) is 20.6. The molecular formula is C22H24N2O4S. The monoisotopic (exact) mass is 412 g/mol. The maximum absolute atomic E-state index is 13.0. The summed E-state index contributed by atoms with van der Waals surface area (Å²) in [6.07, 6.45) is 0.307. The van der Waals surface area contributed by atoms with Crippen molar-refractivity contribution in [3.05, 3.63) is 59.5 Å². The van der Waals surface area contributed by atoms with Crippen LogP contribution in [0.25, 0.3) is 11.3 Å². The summed E-state index contributed by atoms with van der Waals surface area (Å²) in [6, 6.07) is 15.2. The molecule has 0 N–H and O–H groups in total. The summed E-state index contributed by atoms with van der Waals surface area (Å²) in [4.78, 5) is 19.4. The fraction of sp³-hybridized carbons (Fsp3) is 0.273. The number of aromatic nitrogens is 1. The van der Waals surface area contributed by atoms with Crippen molar-refractivity contribution in [2.75, 3.05) is 39.4 Å². The Morgan fingerprint density at radius 2 is 1.86 bits per heavy atom. The van der Waals surface area contributed by atoms with Gasteiger partial charge in [-0.25, -0.2) is 4.98 Å². The molecule has 6 nitrogen and oxygen atoms in total. The van der Waals surface area contributed by atoms with Crippen molar-refractivity contribution in [1.82, 2.24) is 4.98 Å². The minimum atomic E-state index is -0.0215. The van der Waals surface area contributed by atoms with Gasteiger partial charge in [0.1, 0.15) is 11.5 Å². The lowest BCUT2D eigenvalue weighted by Gasteiger charge is -2.19. The number of ether oxygens (including phenoxy) is 3. The standard InChI is InChI=1S/C22H24N2O4S/c1-26-12-11-24(21(25)13-16-7-5-4-6-8-16)22-23-19(15-29-22)18-14-17(27-2)9-10-20(18)28-3/h4-10,14-15H,11-13H2,1-3H3. The first-order chi connectivity index (χ1) is 14.2. The number of thiazole rings is 1. The van der Waals surface area contributed by atoms with Gasteiger partial charge in [-0.15, -0.1) is 11.3 Å². The predicted octanol–water partition coefficient (Wildman–Crippen LogP) is 4.05. The molecule has 0 radical (unpaired) electrons. The van der Waals surface area contributed by atoms with E-state index in [1.165, 1.54) is 11.3 Å². The van der Waals surface area contributed by atoms with Gasteiger partial charge in [0.05, 0.1) is 39.5 Å². The maximum atomic E-state index is 13.0. The second-order valence-electron chi connectivity index (χ2n) is 6.28. The highest BCUT2D eigenvalue weighted by atomic mass is 32.1. The lowest BCUT2D eigenvalue weighted by molar-refractivity contribution is -0.118. The molecule has 2 aromatic carbocycles. The zero-order valence-corrected chi connectivity index (χ0v) is 17.6. The van der Waals surface area contributed by atoms with E-state index in [1.54, 1.807) is 26.2 Å².